The second-order valence-corrected chi connectivity index (χ2v) is 4.20. The van der Waals surface area contributed by atoms with Gasteiger partial charge in [0.15, 0.2) is 0 Å². The lowest BCUT2D eigenvalue weighted by atomic mass is 9.96. The van der Waals surface area contributed by atoms with Crippen LogP contribution in [-0.4, -0.2) is 11.9 Å². The Morgan fingerprint density at radius 1 is 1.05 bits per heavy atom. The first-order valence-electron chi connectivity index (χ1n) is 6.74. The number of unbranched alkanes of at least 4 members (excludes halogenated alkanes) is 1. The molecule has 0 unspecified atom stereocenters. The molecule has 22 heavy (non-hydrogen) atoms. The fraction of sp³-hybridized carbons (Fsp3) is 0.250. The monoisotopic (exact) mass is 306 g/mol. The maximum absolute atomic E-state index is 12.0. The van der Waals surface area contributed by atoms with Crippen LogP contribution in [0.2, 0.25) is 0 Å². The molecule has 0 atom stereocenters. The fourth-order valence-corrected chi connectivity index (χ4v) is 1.84. The average Bonchev–Trinajstić information content (AvgIpc) is 2.55. The number of carbonyl (C=O) groups excluding carboxylic acids is 2. The van der Waals surface area contributed by atoms with Gasteiger partial charge in [-0.2, -0.15) is 0 Å². The summed E-state index contributed by atoms with van der Waals surface area (Å²) in [4.78, 5) is 41.9. The first-order valence-corrected chi connectivity index (χ1v) is 6.74. The molecule has 0 spiro atoms. The van der Waals surface area contributed by atoms with E-state index < -0.39 is 11.9 Å². The van der Waals surface area contributed by atoms with Crippen molar-refractivity contribution >= 4 is 11.9 Å². The zero-order valence-electron chi connectivity index (χ0n) is 12.4. The van der Waals surface area contributed by atoms with E-state index in [1.54, 1.807) is 18.2 Å². The Balaban J connectivity index is 3.14. The Morgan fingerprint density at radius 2 is 1.55 bits per heavy atom. The van der Waals surface area contributed by atoms with Crippen molar-refractivity contribution in [2.75, 3.05) is 0 Å². The van der Waals surface area contributed by atoms with Crippen LogP contribution in [-0.2, 0) is 26.0 Å². The minimum Gasteiger partial charge on any atom is -0.295 e. The number of hydrogen-bond donors (Lipinski definition) is 0. The molecule has 0 saturated heterocycles. The third kappa shape index (κ3) is 4.66. The lowest BCUT2D eigenvalue weighted by Gasteiger charge is -2.11. The minimum absolute atomic E-state index is 0.225. The molecule has 1 rings (SSSR count). The van der Waals surface area contributed by atoms with Crippen LogP contribution in [0.4, 0.5) is 0 Å². The summed E-state index contributed by atoms with van der Waals surface area (Å²) in [5.41, 5.74) is 0.964. The maximum Gasteiger partial charge on any atom is 0.386 e. The van der Waals surface area contributed by atoms with Gasteiger partial charge in [-0.3, -0.25) is 9.78 Å². The van der Waals surface area contributed by atoms with Crippen molar-refractivity contribution in [3.63, 3.8) is 0 Å². The van der Waals surface area contributed by atoms with Crippen LogP contribution in [0.25, 0.3) is 0 Å². The molecule has 0 radical (unpaired) electrons. The molecule has 6 nitrogen and oxygen atoms in total. The standard InChI is InChI=1S/C16H18O6/c1-4-7-9-12-13(15(17)21-19-5-2)10-8-11-14(12)16(18)22-20-6-3/h5-6,8,10-11H,2-4,7,9H2,1H3. The van der Waals surface area contributed by atoms with E-state index in [0.29, 0.717) is 12.0 Å². The van der Waals surface area contributed by atoms with Crippen LogP contribution in [0.5, 0.6) is 0 Å². The average molecular weight is 306 g/mol. The Hall–Kier alpha value is -2.76. The topological polar surface area (TPSA) is 71.1 Å². The molecule has 0 aliphatic heterocycles. The molecule has 0 saturated carbocycles. The Kier molecular flexibility index (Phi) is 7.25. The number of carbonyl (C=O) groups is 2. The molecule has 0 N–H and O–H groups in total. The van der Waals surface area contributed by atoms with Gasteiger partial charge < -0.3 is 0 Å². The van der Waals surface area contributed by atoms with E-state index in [9.17, 15) is 9.59 Å². The highest BCUT2D eigenvalue weighted by atomic mass is 17.2. The third-order valence-corrected chi connectivity index (χ3v) is 2.78. The summed E-state index contributed by atoms with van der Waals surface area (Å²) in [5, 5.41) is 0. The Bertz CT molecular complexity index is 507. The predicted molar refractivity (Wildman–Crippen MR) is 78.4 cm³/mol. The molecule has 118 valence electrons. The number of rotatable bonds is 9. The van der Waals surface area contributed by atoms with E-state index in [2.05, 4.69) is 32.7 Å². The summed E-state index contributed by atoms with van der Waals surface area (Å²) >= 11 is 0. The van der Waals surface area contributed by atoms with Crippen molar-refractivity contribution < 1.29 is 29.1 Å². The van der Waals surface area contributed by atoms with Crippen molar-refractivity contribution in [3.8, 4) is 0 Å². The smallest absolute Gasteiger partial charge is 0.295 e. The lowest BCUT2D eigenvalue weighted by molar-refractivity contribution is -0.191. The highest BCUT2D eigenvalue weighted by molar-refractivity contribution is 5.97. The normalized spacial score (nSPS) is 9.50. The third-order valence-electron chi connectivity index (χ3n) is 2.78. The largest absolute Gasteiger partial charge is 0.386 e. The van der Waals surface area contributed by atoms with E-state index in [1.165, 1.54) is 0 Å². The molecule has 1 aromatic rings. The summed E-state index contributed by atoms with van der Waals surface area (Å²) in [6.07, 6.45) is 4.16. The second-order valence-electron chi connectivity index (χ2n) is 4.20. The first kappa shape index (κ1) is 17.3. The summed E-state index contributed by atoms with van der Waals surface area (Å²) in [7, 11) is 0. The fourth-order valence-electron chi connectivity index (χ4n) is 1.84. The quantitative estimate of drug-likeness (QED) is 0.395. The van der Waals surface area contributed by atoms with Crippen LogP contribution in [0, 0.1) is 0 Å². The predicted octanol–water partition coefficient (Wildman–Crippen LogP) is 3.49. The van der Waals surface area contributed by atoms with Gasteiger partial charge in [0.25, 0.3) is 0 Å². The summed E-state index contributed by atoms with van der Waals surface area (Å²) in [5.74, 6) is -1.43. The molecular weight excluding hydrogens is 288 g/mol. The zero-order chi connectivity index (χ0) is 16.4. The molecule has 0 aromatic heterocycles. The highest BCUT2D eigenvalue weighted by Gasteiger charge is 2.22. The summed E-state index contributed by atoms with van der Waals surface area (Å²) in [6.45, 7) is 8.56. The molecular formula is C16H18O6. The van der Waals surface area contributed by atoms with Crippen LogP contribution < -0.4 is 0 Å². The van der Waals surface area contributed by atoms with Gasteiger partial charge in [0.1, 0.15) is 12.5 Å². The molecule has 0 aliphatic carbocycles. The van der Waals surface area contributed by atoms with Crippen molar-refractivity contribution in [1.29, 1.82) is 0 Å². The van der Waals surface area contributed by atoms with Crippen molar-refractivity contribution in [2.24, 2.45) is 0 Å². The molecule has 0 fully saturated rings. The van der Waals surface area contributed by atoms with Gasteiger partial charge in [-0.15, -0.1) is 0 Å². The zero-order valence-corrected chi connectivity index (χ0v) is 12.4. The van der Waals surface area contributed by atoms with Gasteiger partial charge >= 0.3 is 11.9 Å². The van der Waals surface area contributed by atoms with E-state index in [1.807, 2.05) is 6.92 Å². The maximum atomic E-state index is 12.0. The summed E-state index contributed by atoms with van der Waals surface area (Å²) in [6, 6.07) is 4.64. The molecule has 0 amide bonds. The van der Waals surface area contributed by atoms with Gasteiger partial charge in [0.05, 0.1) is 11.1 Å². The van der Waals surface area contributed by atoms with Gasteiger partial charge in [0.2, 0.25) is 0 Å². The van der Waals surface area contributed by atoms with E-state index >= 15 is 0 Å². The molecule has 0 heterocycles. The van der Waals surface area contributed by atoms with Gasteiger partial charge in [-0.25, -0.2) is 19.4 Å². The Labute approximate surface area is 128 Å². The minimum atomic E-state index is -0.717. The molecule has 6 heteroatoms. The van der Waals surface area contributed by atoms with E-state index in [0.717, 1.165) is 25.4 Å². The van der Waals surface area contributed by atoms with Crippen LogP contribution >= 0.6 is 0 Å². The molecule has 0 aliphatic rings. The second kappa shape index (κ2) is 9.23. The summed E-state index contributed by atoms with van der Waals surface area (Å²) < 4.78 is 0. The van der Waals surface area contributed by atoms with Gasteiger partial charge in [-0.05, 0) is 30.5 Å². The van der Waals surface area contributed by atoms with Crippen LogP contribution in [0.3, 0.4) is 0 Å². The van der Waals surface area contributed by atoms with Crippen LogP contribution in [0.15, 0.2) is 43.9 Å². The van der Waals surface area contributed by atoms with Crippen molar-refractivity contribution in [1.82, 2.24) is 0 Å². The van der Waals surface area contributed by atoms with Gasteiger partial charge in [-0.1, -0.05) is 32.6 Å². The number of hydrogen-bond acceptors (Lipinski definition) is 6. The number of benzene rings is 1. The van der Waals surface area contributed by atoms with E-state index in [-0.39, 0.29) is 11.1 Å². The Morgan fingerprint density at radius 3 is 1.95 bits per heavy atom. The van der Waals surface area contributed by atoms with Crippen molar-refractivity contribution in [2.45, 2.75) is 26.2 Å². The molecule has 0 bridgehead atoms. The van der Waals surface area contributed by atoms with Gasteiger partial charge in [0, 0.05) is 0 Å². The van der Waals surface area contributed by atoms with E-state index in [4.69, 9.17) is 0 Å². The van der Waals surface area contributed by atoms with Crippen LogP contribution in [0.1, 0.15) is 46.0 Å². The SMILES string of the molecule is C=COOC(=O)c1cccc(C(=O)OOC=C)c1CCCC. The molecule has 1 aromatic carbocycles. The van der Waals surface area contributed by atoms with Crippen molar-refractivity contribution in [3.05, 3.63) is 60.6 Å². The lowest BCUT2D eigenvalue weighted by Crippen LogP contribution is -2.14. The first-order chi connectivity index (χ1) is 10.7. The highest BCUT2D eigenvalue weighted by Crippen LogP contribution is 2.20.